The average Bonchev–Trinajstić information content (AvgIpc) is 2.15. The highest BCUT2D eigenvalue weighted by atomic mass is 35.5. The van der Waals surface area contributed by atoms with Crippen molar-refractivity contribution >= 4 is 18.4 Å². The molecule has 15 heavy (non-hydrogen) atoms. The van der Waals surface area contributed by atoms with Crippen LogP contribution >= 0.6 is 12.4 Å². The van der Waals surface area contributed by atoms with E-state index < -0.39 is 0 Å². The molecule has 1 atom stereocenters. The Balaban J connectivity index is 0.00000196. The van der Waals surface area contributed by atoms with E-state index in [1.165, 1.54) is 0 Å². The summed E-state index contributed by atoms with van der Waals surface area (Å²) in [5.74, 6) is -0.105. The molecule has 0 aromatic rings. The molecule has 0 aliphatic carbocycles. The Labute approximate surface area is 97.5 Å². The molecule has 1 saturated heterocycles. The summed E-state index contributed by atoms with van der Waals surface area (Å²) in [4.78, 5) is 13.3. The van der Waals surface area contributed by atoms with Crippen LogP contribution in [0.4, 0.5) is 0 Å². The van der Waals surface area contributed by atoms with E-state index in [0.29, 0.717) is 13.0 Å². The maximum atomic E-state index is 11.1. The van der Waals surface area contributed by atoms with E-state index in [4.69, 9.17) is 10.5 Å². The molecule has 90 valence electrons. The molecule has 2 N–H and O–H groups in total. The molecule has 0 spiro atoms. The lowest BCUT2D eigenvalue weighted by molar-refractivity contribution is -0.143. The van der Waals surface area contributed by atoms with Gasteiger partial charge in [0.2, 0.25) is 0 Å². The first-order valence-corrected chi connectivity index (χ1v) is 5.36. The number of esters is 1. The number of nitrogens with zero attached hydrogens (tertiary/aromatic N) is 1. The van der Waals surface area contributed by atoms with Gasteiger partial charge >= 0.3 is 5.97 Å². The fraction of sp³-hybridized carbons (Fsp3) is 0.900. The molecule has 1 aliphatic rings. The van der Waals surface area contributed by atoms with Gasteiger partial charge in [0.25, 0.3) is 0 Å². The number of halogens is 1. The summed E-state index contributed by atoms with van der Waals surface area (Å²) < 4.78 is 4.86. The van der Waals surface area contributed by atoms with Crippen molar-refractivity contribution in [1.29, 1.82) is 0 Å². The molecule has 0 radical (unpaired) electrons. The summed E-state index contributed by atoms with van der Waals surface area (Å²) in [6.07, 6.45) is 2.74. The lowest BCUT2D eigenvalue weighted by atomic mass is 10.1. The molecule has 4 nitrogen and oxygen atoms in total. The second kappa shape index (κ2) is 7.91. The third-order valence-electron chi connectivity index (χ3n) is 2.48. The number of ether oxygens (including phenoxy) is 1. The van der Waals surface area contributed by atoms with Gasteiger partial charge in [-0.3, -0.25) is 4.79 Å². The second-order valence-corrected chi connectivity index (χ2v) is 3.76. The number of hydrogen-bond acceptors (Lipinski definition) is 4. The van der Waals surface area contributed by atoms with Crippen LogP contribution in [0.1, 0.15) is 26.2 Å². The standard InChI is InChI=1S/C10H20N2O2.ClH/c1-2-14-10(13)5-7-12-6-3-4-9(11)8-12;/h9H,2-8,11H2,1H3;1H. The summed E-state index contributed by atoms with van der Waals surface area (Å²) in [6, 6.07) is 0.283. The van der Waals surface area contributed by atoms with Gasteiger partial charge < -0.3 is 15.4 Å². The van der Waals surface area contributed by atoms with Gasteiger partial charge in [-0.25, -0.2) is 0 Å². The normalized spacial score (nSPS) is 21.9. The highest BCUT2D eigenvalue weighted by molar-refractivity contribution is 5.85. The van der Waals surface area contributed by atoms with Crippen LogP contribution in [0.15, 0.2) is 0 Å². The van der Waals surface area contributed by atoms with Crippen molar-refractivity contribution < 1.29 is 9.53 Å². The summed E-state index contributed by atoms with van der Waals surface area (Å²) in [6.45, 7) is 5.06. The van der Waals surface area contributed by atoms with E-state index in [1.54, 1.807) is 0 Å². The van der Waals surface area contributed by atoms with Crippen LogP contribution in [0.3, 0.4) is 0 Å². The fourth-order valence-corrected chi connectivity index (χ4v) is 1.78. The number of carbonyl (C=O) groups is 1. The Bertz CT molecular complexity index is 190. The van der Waals surface area contributed by atoms with Gasteiger partial charge in [-0.15, -0.1) is 12.4 Å². The van der Waals surface area contributed by atoms with Crippen molar-refractivity contribution in [3.8, 4) is 0 Å². The van der Waals surface area contributed by atoms with Gasteiger partial charge in [0.1, 0.15) is 0 Å². The Hall–Kier alpha value is -0.320. The number of rotatable bonds is 4. The van der Waals surface area contributed by atoms with E-state index in [1.807, 2.05) is 6.92 Å². The van der Waals surface area contributed by atoms with Crippen LogP contribution in [0, 0.1) is 0 Å². The highest BCUT2D eigenvalue weighted by Gasteiger charge is 2.17. The predicted octanol–water partition coefficient (Wildman–Crippen LogP) is 0.784. The molecule has 0 amide bonds. The van der Waals surface area contributed by atoms with Crippen LogP contribution in [-0.4, -0.2) is 43.2 Å². The van der Waals surface area contributed by atoms with E-state index in [2.05, 4.69) is 4.90 Å². The molecule has 1 heterocycles. The van der Waals surface area contributed by atoms with Crippen LogP contribution in [0.2, 0.25) is 0 Å². The van der Waals surface area contributed by atoms with E-state index >= 15 is 0 Å². The number of carbonyl (C=O) groups excluding carboxylic acids is 1. The summed E-state index contributed by atoms with van der Waals surface area (Å²) in [7, 11) is 0. The molecule has 0 aromatic carbocycles. The quantitative estimate of drug-likeness (QED) is 0.734. The van der Waals surface area contributed by atoms with Gasteiger partial charge in [-0.1, -0.05) is 0 Å². The summed E-state index contributed by atoms with van der Waals surface area (Å²) in [5.41, 5.74) is 5.83. The highest BCUT2D eigenvalue weighted by Crippen LogP contribution is 2.08. The van der Waals surface area contributed by atoms with Gasteiger partial charge in [-0.05, 0) is 26.3 Å². The first kappa shape index (κ1) is 14.7. The van der Waals surface area contributed by atoms with E-state index in [-0.39, 0.29) is 24.4 Å². The maximum absolute atomic E-state index is 11.1. The lowest BCUT2D eigenvalue weighted by Crippen LogP contribution is -2.43. The van der Waals surface area contributed by atoms with Crippen LogP contribution in [-0.2, 0) is 9.53 Å². The Kier molecular flexibility index (Phi) is 7.74. The SMILES string of the molecule is CCOC(=O)CCN1CCCC(N)C1.Cl. The number of hydrogen-bond donors (Lipinski definition) is 1. The van der Waals surface area contributed by atoms with Crippen molar-refractivity contribution in [3.63, 3.8) is 0 Å². The average molecular weight is 237 g/mol. The van der Waals surface area contributed by atoms with Crippen LogP contribution in [0.25, 0.3) is 0 Å². The molecule has 1 fully saturated rings. The predicted molar refractivity (Wildman–Crippen MR) is 62.1 cm³/mol. The minimum atomic E-state index is -0.105. The zero-order valence-electron chi connectivity index (χ0n) is 9.28. The smallest absolute Gasteiger partial charge is 0.307 e. The van der Waals surface area contributed by atoms with Crippen molar-refractivity contribution in [2.75, 3.05) is 26.2 Å². The zero-order valence-corrected chi connectivity index (χ0v) is 10.1. The largest absolute Gasteiger partial charge is 0.466 e. The first-order chi connectivity index (χ1) is 6.72. The van der Waals surface area contributed by atoms with Gasteiger partial charge in [0.05, 0.1) is 13.0 Å². The molecule has 1 rings (SSSR count). The van der Waals surface area contributed by atoms with E-state index in [9.17, 15) is 4.79 Å². The molecule has 0 saturated carbocycles. The Morgan fingerprint density at radius 1 is 1.60 bits per heavy atom. The molecule has 5 heteroatoms. The van der Waals surface area contributed by atoms with Crippen LogP contribution in [0.5, 0.6) is 0 Å². The molecule has 0 bridgehead atoms. The molecule has 1 aliphatic heterocycles. The topological polar surface area (TPSA) is 55.6 Å². The van der Waals surface area contributed by atoms with Gasteiger partial charge in [0, 0.05) is 19.1 Å². The summed E-state index contributed by atoms with van der Waals surface area (Å²) in [5, 5.41) is 0. The van der Waals surface area contributed by atoms with Crippen LogP contribution < -0.4 is 5.73 Å². The third kappa shape index (κ3) is 5.97. The second-order valence-electron chi connectivity index (χ2n) is 3.76. The molecular weight excluding hydrogens is 216 g/mol. The number of piperidine rings is 1. The Morgan fingerprint density at radius 2 is 2.33 bits per heavy atom. The first-order valence-electron chi connectivity index (χ1n) is 5.36. The lowest BCUT2D eigenvalue weighted by Gasteiger charge is -2.30. The van der Waals surface area contributed by atoms with Gasteiger partial charge in [-0.2, -0.15) is 0 Å². The number of nitrogens with two attached hydrogens (primary N) is 1. The third-order valence-corrected chi connectivity index (χ3v) is 2.48. The van der Waals surface area contributed by atoms with Crippen molar-refractivity contribution in [2.45, 2.75) is 32.2 Å². The Morgan fingerprint density at radius 3 is 2.93 bits per heavy atom. The van der Waals surface area contributed by atoms with Crippen molar-refractivity contribution in [2.24, 2.45) is 5.73 Å². The number of likely N-dealkylation sites (tertiary alicyclic amines) is 1. The monoisotopic (exact) mass is 236 g/mol. The maximum Gasteiger partial charge on any atom is 0.307 e. The molecule has 1 unspecified atom stereocenters. The minimum Gasteiger partial charge on any atom is -0.466 e. The van der Waals surface area contributed by atoms with Crippen molar-refractivity contribution in [1.82, 2.24) is 4.90 Å². The van der Waals surface area contributed by atoms with Crippen molar-refractivity contribution in [3.05, 3.63) is 0 Å². The molecular formula is C10H21ClN2O2. The fourth-order valence-electron chi connectivity index (χ4n) is 1.78. The zero-order chi connectivity index (χ0) is 10.4. The molecule has 0 aromatic heterocycles. The van der Waals surface area contributed by atoms with E-state index in [0.717, 1.165) is 32.5 Å². The minimum absolute atomic E-state index is 0. The van der Waals surface area contributed by atoms with Gasteiger partial charge in [0.15, 0.2) is 0 Å². The summed E-state index contributed by atoms with van der Waals surface area (Å²) >= 11 is 0.